The second-order valence-corrected chi connectivity index (χ2v) is 2.83. The molecule has 0 atom stereocenters. The van der Waals surface area contributed by atoms with Crippen molar-refractivity contribution in [1.29, 1.82) is 0 Å². The van der Waals surface area contributed by atoms with Crippen LogP contribution in [0.3, 0.4) is 0 Å². The minimum Gasteiger partial charge on any atom is -0.397 e. The van der Waals surface area contributed by atoms with E-state index in [-0.39, 0.29) is 0 Å². The van der Waals surface area contributed by atoms with E-state index in [1.54, 1.807) is 0 Å². The van der Waals surface area contributed by atoms with Crippen LogP contribution in [-0.2, 0) is 0 Å². The predicted octanol–water partition coefficient (Wildman–Crippen LogP) is 3.03. The zero-order valence-corrected chi connectivity index (χ0v) is 8.62. The van der Waals surface area contributed by atoms with Gasteiger partial charge >= 0.3 is 0 Å². The fourth-order valence-corrected chi connectivity index (χ4v) is 1.28. The lowest BCUT2D eigenvalue weighted by Gasteiger charge is -2.02. The van der Waals surface area contributed by atoms with Crippen molar-refractivity contribution in [3.05, 3.63) is 36.4 Å². The second-order valence-electron chi connectivity index (χ2n) is 2.83. The van der Waals surface area contributed by atoms with Gasteiger partial charge in [-0.2, -0.15) is 0 Å². The van der Waals surface area contributed by atoms with Gasteiger partial charge in [-0.1, -0.05) is 38.1 Å². The molecule has 0 aliphatic carbocycles. The highest BCUT2D eigenvalue weighted by Crippen LogP contribution is 2.22. The Morgan fingerprint density at radius 2 is 1.14 bits per heavy atom. The molecule has 0 heterocycles. The van der Waals surface area contributed by atoms with E-state index in [1.165, 1.54) is 0 Å². The van der Waals surface area contributed by atoms with Crippen molar-refractivity contribution >= 4 is 22.1 Å². The van der Waals surface area contributed by atoms with Crippen LogP contribution >= 0.6 is 0 Å². The van der Waals surface area contributed by atoms with Gasteiger partial charge in [-0.3, -0.25) is 0 Å². The van der Waals surface area contributed by atoms with Crippen LogP contribution < -0.4 is 11.5 Å². The molecule has 0 bridgehead atoms. The lowest BCUT2D eigenvalue weighted by atomic mass is 10.1. The van der Waals surface area contributed by atoms with Crippen LogP contribution in [0.25, 0.3) is 10.8 Å². The number of rotatable bonds is 0. The van der Waals surface area contributed by atoms with Gasteiger partial charge in [0.05, 0.1) is 11.4 Å². The molecule has 0 radical (unpaired) electrons. The van der Waals surface area contributed by atoms with E-state index >= 15 is 0 Å². The van der Waals surface area contributed by atoms with Crippen LogP contribution in [0, 0.1) is 0 Å². The Labute approximate surface area is 84.5 Å². The van der Waals surface area contributed by atoms with Crippen molar-refractivity contribution in [1.82, 2.24) is 0 Å². The van der Waals surface area contributed by atoms with Crippen molar-refractivity contribution < 1.29 is 0 Å². The summed E-state index contributed by atoms with van der Waals surface area (Å²) in [4.78, 5) is 0. The van der Waals surface area contributed by atoms with Gasteiger partial charge in [-0.05, 0) is 22.9 Å². The summed E-state index contributed by atoms with van der Waals surface area (Å²) in [6, 6.07) is 11.8. The number of benzene rings is 2. The third-order valence-electron chi connectivity index (χ3n) is 1.95. The van der Waals surface area contributed by atoms with Crippen molar-refractivity contribution in [2.24, 2.45) is 0 Å². The number of hydrogen-bond donors (Lipinski definition) is 2. The van der Waals surface area contributed by atoms with Gasteiger partial charge in [0.1, 0.15) is 0 Å². The summed E-state index contributed by atoms with van der Waals surface area (Å²) >= 11 is 0. The maximum Gasteiger partial charge on any atom is 0.0554 e. The normalized spacial score (nSPS) is 9.29. The molecule has 74 valence electrons. The van der Waals surface area contributed by atoms with Crippen molar-refractivity contribution in [3.63, 3.8) is 0 Å². The van der Waals surface area contributed by atoms with E-state index in [9.17, 15) is 0 Å². The number of nitrogens with two attached hydrogens (primary N) is 2. The van der Waals surface area contributed by atoms with Crippen LogP contribution in [0.5, 0.6) is 0 Å². The van der Waals surface area contributed by atoms with Gasteiger partial charge in [-0.25, -0.2) is 0 Å². The Balaban J connectivity index is 0.000000461. The summed E-state index contributed by atoms with van der Waals surface area (Å²) in [6.07, 6.45) is 0. The zero-order valence-electron chi connectivity index (χ0n) is 8.62. The number of nitrogen functional groups attached to an aromatic ring is 2. The highest BCUT2D eigenvalue weighted by Gasteiger charge is 1.96. The van der Waals surface area contributed by atoms with E-state index in [0.29, 0.717) is 11.4 Å². The summed E-state index contributed by atoms with van der Waals surface area (Å²) in [5.41, 5.74) is 12.6. The van der Waals surface area contributed by atoms with Gasteiger partial charge in [0.25, 0.3) is 0 Å². The summed E-state index contributed by atoms with van der Waals surface area (Å²) in [7, 11) is 0. The van der Waals surface area contributed by atoms with Crippen molar-refractivity contribution in [3.8, 4) is 0 Å². The zero-order chi connectivity index (χ0) is 10.6. The quantitative estimate of drug-likeness (QED) is 0.624. The average Bonchev–Trinajstić information content (AvgIpc) is 2.23. The molecule has 2 aromatic rings. The second kappa shape index (κ2) is 4.51. The predicted molar refractivity (Wildman–Crippen MR) is 64.1 cm³/mol. The molecular weight excluding hydrogens is 172 g/mol. The molecule has 0 aliphatic heterocycles. The van der Waals surface area contributed by atoms with Crippen LogP contribution in [0.15, 0.2) is 36.4 Å². The Bertz CT molecular complexity index is 381. The van der Waals surface area contributed by atoms with Crippen LogP contribution in [0.4, 0.5) is 11.4 Å². The van der Waals surface area contributed by atoms with E-state index in [2.05, 4.69) is 0 Å². The first-order valence-corrected chi connectivity index (χ1v) is 4.81. The number of hydrogen-bond acceptors (Lipinski definition) is 2. The molecule has 14 heavy (non-hydrogen) atoms. The van der Waals surface area contributed by atoms with E-state index in [1.807, 2.05) is 50.2 Å². The molecule has 2 rings (SSSR count). The van der Waals surface area contributed by atoms with Crippen LogP contribution in [0.1, 0.15) is 13.8 Å². The summed E-state index contributed by atoms with van der Waals surface area (Å²) in [5, 5.41) is 2.26. The Morgan fingerprint density at radius 1 is 0.786 bits per heavy atom. The molecule has 0 unspecified atom stereocenters. The van der Waals surface area contributed by atoms with Crippen molar-refractivity contribution in [2.75, 3.05) is 11.5 Å². The van der Waals surface area contributed by atoms with Gasteiger partial charge in [0.15, 0.2) is 0 Å². The number of anilines is 2. The number of fused-ring (bicyclic) bond motifs is 1. The van der Waals surface area contributed by atoms with Crippen LogP contribution in [-0.4, -0.2) is 0 Å². The van der Waals surface area contributed by atoms with Gasteiger partial charge in [0.2, 0.25) is 0 Å². The molecular formula is C12H16N2. The van der Waals surface area contributed by atoms with Crippen molar-refractivity contribution in [2.45, 2.75) is 13.8 Å². The first-order valence-electron chi connectivity index (χ1n) is 4.81. The maximum atomic E-state index is 5.66. The molecule has 4 N–H and O–H groups in total. The van der Waals surface area contributed by atoms with Gasteiger partial charge in [-0.15, -0.1) is 0 Å². The maximum absolute atomic E-state index is 5.66. The topological polar surface area (TPSA) is 52.0 Å². The molecule has 2 nitrogen and oxygen atoms in total. The molecule has 2 heteroatoms. The highest BCUT2D eigenvalue weighted by atomic mass is 14.7. The first-order chi connectivity index (χ1) is 6.77. The Kier molecular flexibility index (Phi) is 3.35. The monoisotopic (exact) mass is 188 g/mol. The summed E-state index contributed by atoms with van der Waals surface area (Å²) in [5.74, 6) is 0. The third kappa shape index (κ3) is 1.96. The summed E-state index contributed by atoms with van der Waals surface area (Å²) in [6.45, 7) is 4.00. The molecule has 0 aliphatic rings. The molecule has 0 saturated heterocycles. The minimum atomic E-state index is 0.647. The SMILES string of the molecule is CC.Nc1cc2ccccc2cc1N. The molecule has 0 aromatic heterocycles. The lowest BCUT2D eigenvalue weighted by molar-refractivity contribution is 1.50. The van der Waals surface area contributed by atoms with Gasteiger partial charge in [0, 0.05) is 0 Å². The molecule has 0 saturated carbocycles. The Hall–Kier alpha value is -1.70. The van der Waals surface area contributed by atoms with E-state index in [0.717, 1.165) is 10.8 Å². The molecule has 0 fully saturated rings. The standard InChI is InChI=1S/C10H10N2.C2H6/c11-9-5-7-3-1-2-4-8(7)6-10(9)12;1-2/h1-6H,11-12H2;1-2H3. The van der Waals surface area contributed by atoms with Gasteiger partial charge < -0.3 is 11.5 Å². The summed E-state index contributed by atoms with van der Waals surface area (Å²) < 4.78 is 0. The largest absolute Gasteiger partial charge is 0.397 e. The van der Waals surface area contributed by atoms with E-state index in [4.69, 9.17) is 11.5 Å². The smallest absolute Gasteiger partial charge is 0.0554 e. The Morgan fingerprint density at radius 3 is 1.50 bits per heavy atom. The van der Waals surface area contributed by atoms with E-state index < -0.39 is 0 Å². The fourth-order valence-electron chi connectivity index (χ4n) is 1.28. The molecule has 0 spiro atoms. The average molecular weight is 188 g/mol. The van der Waals surface area contributed by atoms with Crippen LogP contribution in [0.2, 0.25) is 0 Å². The highest BCUT2D eigenvalue weighted by molar-refractivity contribution is 5.90. The fraction of sp³-hybridized carbons (Fsp3) is 0.167. The molecule has 2 aromatic carbocycles. The minimum absolute atomic E-state index is 0.647. The third-order valence-corrected chi connectivity index (χ3v) is 1.95. The molecule has 0 amide bonds. The first kappa shape index (κ1) is 10.4. The lowest BCUT2D eigenvalue weighted by Crippen LogP contribution is -1.93.